The first-order valence-corrected chi connectivity index (χ1v) is 32.8. The zero-order valence-electron chi connectivity index (χ0n) is 50.3. The number of hydrogen-bond acceptors (Lipinski definition) is 7. The van der Waals surface area contributed by atoms with Gasteiger partial charge in [-0.3, -0.25) is 4.79 Å². The Morgan fingerprint density at radius 3 is 1.51 bits per heavy atom. The van der Waals surface area contributed by atoms with E-state index in [1.807, 2.05) is 24.3 Å². The second-order valence-corrected chi connectivity index (χ2v) is 25.1. The first-order chi connectivity index (χ1) is 39.3. The summed E-state index contributed by atoms with van der Waals surface area (Å²) < 4.78 is 13.0. The fraction of sp³-hybridized carbons (Fsp3) is 0.368. The molecule has 10 aromatic rings. The molecular weight excluding hydrogens is 1430 g/mol. The van der Waals surface area contributed by atoms with E-state index in [0.717, 1.165) is 111 Å². The van der Waals surface area contributed by atoms with Gasteiger partial charge in [0.15, 0.2) is 0 Å². The molecule has 16 heteroatoms. The van der Waals surface area contributed by atoms with Gasteiger partial charge in [-0.1, -0.05) is 211 Å². The molecule has 0 aliphatic rings. The molecule has 0 fully saturated rings. The molecule has 8 aromatic carbocycles. The van der Waals surface area contributed by atoms with Gasteiger partial charge in [-0.2, -0.15) is 0 Å². The van der Waals surface area contributed by atoms with Crippen LogP contribution in [0.3, 0.4) is 0 Å². The summed E-state index contributed by atoms with van der Waals surface area (Å²) in [4.78, 5) is 25.0. The number of hydrogen-bond donors (Lipinski definition) is 2. The second kappa shape index (κ2) is 38.2. The number of benzene rings is 8. The number of unbranched alkanes of at least 4 members (excludes halogenated alkanes) is 3. The number of nitrogens with one attached hydrogen (secondary N) is 1. The zero-order chi connectivity index (χ0) is 58.0. The smallest absolute Gasteiger partial charge is 1.00 e. The molecule has 2 N–H and O–H groups in total. The standard InChI is InChI=1S/C37H44Br2N2O.C21H12Br2N2O.C8H17Br.CH2O3.CH4.2K.H/c1-5-9-11-25(7-3)23-41-36-32-20-16-29(39)22-34(32)33-21-28(38)15-19-31(33)35(36)40-37(41)27-13-17-30(18-14-27)42-24-26(8-4)12-10-6-2;22-12-3-7-15-17(9-12)18-10-13(23)4-8-16(18)20-19(15)24-21(25-20)11-1-5-14(26)6-2-11;1-3-5-6-8(4-2)7-9;2-1-4-3;;;;/h13-22,25-26H,5-12,23-24H2,1-4H3;1-10,26H,(H,24,25);8H,3-7H2,1-2H3;1,3H;1H4;;;/q;;;;;2*+1;-1/p-1. The number of aromatic nitrogens is 4. The van der Waals surface area contributed by atoms with Crippen LogP contribution in [0.5, 0.6) is 11.5 Å². The van der Waals surface area contributed by atoms with Gasteiger partial charge in [0.2, 0.25) is 0 Å². The van der Waals surface area contributed by atoms with Crippen LogP contribution in [0.2, 0.25) is 0 Å². The third-order valence-electron chi connectivity index (χ3n) is 15.3. The second-order valence-electron chi connectivity index (χ2n) is 20.8. The number of carbonyl (C=O) groups excluding carboxylic acids is 1. The van der Waals surface area contributed by atoms with Crippen molar-refractivity contribution in [3.05, 3.63) is 139 Å². The fourth-order valence-electron chi connectivity index (χ4n) is 10.5. The van der Waals surface area contributed by atoms with Crippen LogP contribution in [0.25, 0.3) is 87.9 Å². The van der Waals surface area contributed by atoms with Gasteiger partial charge in [0.1, 0.15) is 23.1 Å². The van der Waals surface area contributed by atoms with Gasteiger partial charge in [-0.05, 0) is 156 Å². The molecule has 0 amide bonds. The number of carbonyl (C=O) groups is 1. The number of rotatable bonds is 21. The number of halogens is 5. The van der Waals surface area contributed by atoms with Crippen molar-refractivity contribution in [2.75, 3.05) is 11.9 Å². The summed E-state index contributed by atoms with van der Waals surface area (Å²) in [6.07, 6.45) is 15.2. The van der Waals surface area contributed by atoms with Crippen molar-refractivity contribution < 1.29 is 129 Å². The van der Waals surface area contributed by atoms with Crippen molar-refractivity contribution >= 4 is 151 Å². The monoisotopic (exact) mass is 1500 g/mol. The summed E-state index contributed by atoms with van der Waals surface area (Å²) in [5.74, 6) is 5.16. The Balaban J connectivity index is 0.000000374. The molecule has 438 valence electrons. The number of H-pyrrole nitrogens is 1. The van der Waals surface area contributed by atoms with Crippen LogP contribution in [0.4, 0.5) is 0 Å². The Kier molecular flexibility index (Phi) is 34.1. The SMILES string of the molecule is C.CCCCC(CC)CBr.CCCCC(CC)COc1ccc(-c2nc3c4ccc(Br)cc4c4cc(Br)ccc4c3n2CC(CC)CCCC)cc1.O=CO[O-].Oc1ccc(-c2nc3c4ccc(Br)cc4c4cc(Br)ccc4c3[nH]2)cc1.[H-].[K+].[K+]. The Morgan fingerprint density at radius 1 is 0.583 bits per heavy atom. The summed E-state index contributed by atoms with van der Waals surface area (Å²) in [5, 5.41) is 28.6. The third-order valence-corrected chi connectivity index (χ3v) is 18.2. The maximum Gasteiger partial charge on any atom is 1.00 e. The summed E-state index contributed by atoms with van der Waals surface area (Å²) in [6.45, 7) is 15.2. The van der Waals surface area contributed by atoms with E-state index >= 15 is 0 Å². The minimum atomic E-state index is -0.181. The van der Waals surface area contributed by atoms with Crippen molar-refractivity contribution in [3.8, 4) is 34.3 Å². The topological polar surface area (TPSA) is 125 Å². The Hall–Kier alpha value is -1.56. The molecule has 3 unspecified atom stereocenters. The van der Waals surface area contributed by atoms with Crippen LogP contribution in [0, 0.1) is 17.8 Å². The predicted octanol–water partition coefficient (Wildman–Crippen LogP) is 15.9. The first kappa shape index (κ1) is 74.9. The van der Waals surface area contributed by atoms with Gasteiger partial charge in [0.05, 0.1) is 28.7 Å². The van der Waals surface area contributed by atoms with Gasteiger partial charge in [-0.25, -0.2) is 9.97 Å². The van der Waals surface area contributed by atoms with Crippen LogP contribution in [-0.4, -0.2) is 43.0 Å². The number of alkyl halides is 1. The molecule has 0 spiro atoms. The van der Waals surface area contributed by atoms with E-state index in [1.165, 1.54) is 102 Å². The zero-order valence-corrected chi connectivity index (χ0v) is 63.5. The van der Waals surface area contributed by atoms with E-state index in [-0.39, 0.29) is 124 Å². The van der Waals surface area contributed by atoms with E-state index < -0.39 is 0 Å². The maximum atomic E-state index is 9.54. The van der Waals surface area contributed by atoms with Crippen LogP contribution in [0.15, 0.2) is 139 Å². The van der Waals surface area contributed by atoms with E-state index in [0.29, 0.717) is 11.8 Å². The van der Waals surface area contributed by atoms with Gasteiger partial charge in [0.25, 0.3) is 6.47 Å². The van der Waals surface area contributed by atoms with Crippen molar-refractivity contribution in [3.63, 3.8) is 0 Å². The molecule has 84 heavy (non-hydrogen) atoms. The Morgan fingerprint density at radius 2 is 1.02 bits per heavy atom. The fourth-order valence-corrected chi connectivity index (χ4v) is 12.7. The van der Waals surface area contributed by atoms with Crippen molar-refractivity contribution in [1.82, 2.24) is 19.5 Å². The van der Waals surface area contributed by atoms with Crippen molar-refractivity contribution in [2.45, 2.75) is 133 Å². The minimum absolute atomic E-state index is 0. The molecule has 0 bridgehead atoms. The van der Waals surface area contributed by atoms with Gasteiger partial charge < -0.3 is 31.0 Å². The molecule has 0 saturated heterocycles. The number of phenols is 1. The molecule has 0 radical (unpaired) electrons. The molecule has 0 aliphatic heterocycles. The van der Waals surface area contributed by atoms with Gasteiger partial charge in [-0.15, -0.1) is 0 Å². The van der Waals surface area contributed by atoms with Gasteiger partial charge >= 0.3 is 103 Å². The van der Waals surface area contributed by atoms with Crippen LogP contribution >= 0.6 is 79.6 Å². The minimum Gasteiger partial charge on any atom is -1.00 e. The normalized spacial score (nSPS) is 12.0. The van der Waals surface area contributed by atoms with Gasteiger partial charge in [0, 0.05) is 62.4 Å². The summed E-state index contributed by atoms with van der Waals surface area (Å²) in [6, 6.07) is 41.6. The van der Waals surface area contributed by atoms with Crippen LogP contribution in [0.1, 0.15) is 127 Å². The molecule has 10 rings (SSSR count). The van der Waals surface area contributed by atoms with Crippen molar-refractivity contribution in [1.29, 1.82) is 0 Å². The molecule has 2 aromatic heterocycles. The molecule has 0 aliphatic carbocycles. The van der Waals surface area contributed by atoms with Crippen LogP contribution < -0.4 is 113 Å². The van der Waals surface area contributed by atoms with E-state index in [9.17, 15) is 5.11 Å². The number of nitrogens with zero attached hydrogens (tertiary/aromatic N) is 3. The largest absolute Gasteiger partial charge is 1.00 e. The Labute approximate surface area is 626 Å². The molecule has 2 heterocycles. The van der Waals surface area contributed by atoms with E-state index in [1.54, 1.807) is 12.1 Å². The van der Waals surface area contributed by atoms with Crippen molar-refractivity contribution in [2.24, 2.45) is 17.8 Å². The number of aromatic hydroxyl groups is 1. The summed E-state index contributed by atoms with van der Waals surface area (Å²) in [5.41, 5.74) is 6.36. The first-order valence-electron chi connectivity index (χ1n) is 28.5. The molecule has 9 nitrogen and oxygen atoms in total. The van der Waals surface area contributed by atoms with Crippen LogP contribution in [-0.2, 0) is 16.2 Å². The molecule has 0 saturated carbocycles. The van der Waals surface area contributed by atoms with E-state index in [4.69, 9.17) is 24.8 Å². The number of imidazole rings is 2. The summed E-state index contributed by atoms with van der Waals surface area (Å²) >= 11 is 18.1. The third kappa shape index (κ3) is 19.7. The average molecular weight is 1510 g/mol. The number of phenolic OH excluding ortho intramolecular Hbond substituents is 1. The number of aromatic amines is 1. The summed E-state index contributed by atoms with van der Waals surface area (Å²) in [7, 11) is 0. The molecule has 3 atom stereocenters. The predicted molar refractivity (Wildman–Crippen MR) is 363 cm³/mol. The quantitative estimate of drug-likeness (QED) is 0.0183. The average Bonchev–Trinajstić information content (AvgIpc) is 1.81. The van der Waals surface area contributed by atoms with E-state index in [2.05, 4.69) is 221 Å². The molecular formula is C68H79Br5K2N4O5. The number of fused-ring (bicyclic) bond motifs is 12. The number of ether oxygens (including phenoxy) is 1. The maximum absolute atomic E-state index is 9.54. The Bertz CT molecular complexity index is 3580.